The molecule has 1 unspecified atom stereocenters. The Kier molecular flexibility index (Phi) is 7.77. The molecular weight excluding hydrogens is 619 g/mol. The lowest BCUT2D eigenvalue weighted by Gasteiger charge is -2.40. The molecule has 0 aliphatic heterocycles. The molecule has 0 saturated heterocycles. The molecule has 0 N–H and O–H groups in total. The van der Waals surface area contributed by atoms with Gasteiger partial charge in [-0.3, -0.25) is 0 Å². The SMILES string of the molecule is CC1=C(C2(c3ccccc3C)c3ccccc3-c3c(-c4nc(-c5ccccc5)nc(-c5cccc(-c6ccccc6)c5)n4)cccc32)CCCC1. The quantitative estimate of drug-likeness (QED) is 0.167. The number of aromatic nitrogens is 3. The first-order valence-electron chi connectivity index (χ1n) is 18.1. The molecule has 9 rings (SSSR count). The highest BCUT2D eigenvalue weighted by molar-refractivity contribution is 5.94. The number of aryl methyl sites for hydroxylation is 1. The van der Waals surface area contributed by atoms with Crippen LogP contribution in [-0.4, -0.2) is 15.0 Å². The van der Waals surface area contributed by atoms with Gasteiger partial charge in [-0.1, -0.05) is 157 Å². The summed E-state index contributed by atoms with van der Waals surface area (Å²) < 4.78 is 0. The van der Waals surface area contributed by atoms with Gasteiger partial charge in [0.05, 0.1) is 5.41 Å². The van der Waals surface area contributed by atoms with Gasteiger partial charge in [0.15, 0.2) is 17.5 Å². The maximum absolute atomic E-state index is 5.32. The second-order valence-corrected chi connectivity index (χ2v) is 13.9. The predicted octanol–water partition coefficient (Wildman–Crippen LogP) is 12.1. The largest absolute Gasteiger partial charge is 0.208 e. The fourth-order valence-corrected chi connectivity index (χ4v) is 8.66. The molecule has 1 atom stereocenters. The number of fused-ring (bicyclic) bond motifs is 3. The number of allylic oxidation sites excluding steroid dienone is 2. The summed E-state index contributed by atoms with van der Waals surface area (Å²) >= 11 is 0. The molecule has 6 aromatic carbocycles. The summed E-state index contributed by atoms with van der Waals surface area (Å²) in [6.07, 6.45) is 4.68. The molecule has 3 nitrogen and oxygen atoms in total. The van der Waals surface area contributed by atoms with E-state index in [9.17, 15) is 0 Å². The van der Waals surface area contributed by atoms with Crippen molar-refractivity contribution in [2.24, 2.45) is 0 Å². The molecule has 0 radical (unpaired) electrons. The zero-order valence-corrected chi connectivity index (χ0v) is 29.1. The van der Waals surface area contributed by atoms with Crippen LogP contribution in [0.25, 0.3) is 56.4 Å². The van der Waals surface area contributed by atoms with Crippen molar-refractivity contribution < 1.29 is 0 Å². The van der Waals surface area contributed by atoms with Crippen LogP contribution in [0.5, 0.6) is 0 Å². The number of nitrogens with zero attached hydrogens (tertiary/aromatic N) is 3. The molecule has 0 amide bonds. The van der Waals surface area contributed by atoms with Gasteiger partial charge >= 0.3 is 0 Å². The minimum Gasteiger partial charge on any atom is -0.208 e. The molecular formula is C48H39N3. The van der Waals surface area contributed by atoms with Gasteiger partial charge in [0.25, 0.3) is 0 Å². The lowest BCUT2D eigenvalue weighted by molar-refractivity contribution is 0.589. The summed E-state index contributed by atoms with van der Waals surface area (Å²) in [5.74, 6) is 2.02. The molecule has 2 aliphatic rings. The Hall–Kier alpha value is -5.93. The molecule has 0 saturated carbocycles. The van der Waals surface area contributed by atoms with Crippen LogP contribution in [0.1, 0.15) is 54.9 Å². The second-order valence-electron chi connectivity index (χ2n) is 13.9. The lowest BCUT2D eigenvalue weighted by atomic mass is 9.62. The lowest BCUT2D eigenvalue weighted by Crippen LogP contribution is -2.32. The van der Waals surface area contributed by atoms with Gasteiger partial charge in [0.1, 0.15) is 0 Å². The van der Waals surface area contributed by atoms with E-state index < -0.39 is 0 Å². The minimum absolute atomic E-state index is 0.389. The molecule has 3 heteroatoms. The monoisotopic (exact) mass is 657 g/mol. The molecule has 1 aromatic heterocycles. The summed E-state index contributed by atoms with van der Waals surface area (Å²) in [4.78, 5) is 15.7. The van der Waals surface area contributed by atoms with Crippen molar-refractivity contribution in [3.05, 3.63) is 185 Å². The standard InChI is InChI=1S/C48H39N3/c1-32-17-9-12-27-40(32)48(41-28-13-10-18-33(41)2)42-29-14-11-25-38(42)44-39(26-16-30-43(44)48)47-50-45(35-21-7-4-8-22-35)49-46(51-47)37-24-15-23-36(31-37)34-19-5-3-6-20-34/h3-9,11-12,14-17,19-27,29-31H,10,13,18,28H2,1-2H3. The maximum atomic E-state index is 5.32. The van der Waals surface area contributed by atoms with Crippen molar-refractivity contribution in [2.45, 2.75) is 44.9 Å². The zero-order valence-electron chi connectivity index (χ0n) is 29.1. The van der Waals surface area contributed by atoms with Crippen LogP contribution < -0.4 is 0 Å². The summed E-state index contributed by atoms with van der Waals surface area (Å²) in [6.45, 7) is 4.64. The Morgan fingerprint density at radius 3 is 1.75 bits per heavy atom. The Labute approximate surface area is 300 Å². The van der Waals surface area contributed by atoms with Gasteiger partial charge in [-0.15, -0.1) is 0 Å². The van der Waals surface area contributed by atoms with Gasteiger partial charge in [0.2, 0.25) is 0 Å². The van der Waals surface area contributed by atoms with Gasteiger partial charge in [-0.05, 0) is 90.1 Å². The normalized spacial score (nSPS) is 16.5. The average Bonchev–Trinajstić information content (AvgIpc) is 3.50. The summed E-state index contributed by atoms with van der Waals surface area (Å²) in [5.41, 5.74) is 15.7. The minimum atomic E-state index is -0.389. The van der Waals surface area contributed by atoms with Crippen molar-refractivity contribution >= 4 is 0 Å². The van der Waals surface area contributed by atoms with E-state index in [1.807, 2.05) is 24.3 Å². The van der Waals surface area contributed by atoms with Gasteiger partial charge in [0, 0.05) is 16.7 Å². The first kappa shape index (κ1) is 31.1. The molecule has 0 spiro atoms. The van der Waals surface area contributed by atoms with Crippen LogP contribution in [0.15, 0.2) is 163 Å². The maximum Gasteiger partial charge on any atom is 0.164 e. The van der Waals surface area contributed by atoms with Crippen LogP contribution in [0, 0.1) is 6.92 Å². The van der Waals surface area contributed by atoms with Crippen LogP contribution in [0.2, 0.25) is 0 Å². The molecule has 2 aliphatic carbocycles. The van der Waals surface area contributed by atoms with Gasteiger partial charge < -0.3 is 0 Å². The van der Waals surface area contributed by atoms with E-state index >= 15 is 0 Å². The van der Waals surface area contributed by atoms with E-state index in [4.69, 9.17) is 15.0 Å². The van der Waals surface area contributed by atoms with Crippen molar-refractivity contribution in [1.82, 2.24) is 15.0 Å². The van der Waals surface area contributed by atoms with Crippen molar-refractivity contribution in [3.8, 4) is 56.4 Å². The molecule has 246 valence electrons. The van der Waals surface area contributed by atoms with Crippen LogP contribution in [0.3, 0.4) is 0 Å². The number of rotatable bonds is 6. The Bertz CT molecular complexity index is 2440. The van der Waals surface area contributed by atoms with E-state index in [1.165, 1.54) is 51.8 Å². The van der Waals surface area contributed by atoms with E-state index in [0.717, 1.165) is 40.7 Å². The third-order valence-corrected chi connectivity index (χ3v) is 11.0. The predicted molar refractivity (Wildman–Crippen MR) is 209 cm³/mol. The van der Waals surface area contributed by atoms with E-state index in [2.05, 4.69) is 141 Å². The highest BCUT2D eigenvalue weighted by Crippen LogP contribution is 2.60. The Morgan fingerprint density at radius 1 is 0.431 bits per heavy atom. The summed E-state index contributed by atoms with van der Waals surface area (Å²) in [6, 6.07) is 54.1. The Morgan fingerprint density at radius 2 is 0.980 bits per heavy atom. The fraction of sp³-hybridized carbons (Fsp3) is 0.146. The van der Waals surface area contributed by atoms with Gasteiger partial charge in [-0.25, -0.2) is 15.0 Å². The first-order valence-corrected chi connectivity index (χ1v) is 18.1. The molecule has 7 aromatic rings. The zero-order chi connectivity index (χ0) is 34.4. The highest BCUT2D eigenvalue weighted by Gasteiger charge is 2.49. The average molecular weight is 658 g/mol. The summed E-state index contributed by atoms with van der Waals surface area (Å²) in [7, 11) is 0. The van der Waals surface area contributed by atoms with E-state index in [-0.39, 0.29) is 5.41 Å². The molecule has 1 heterocycles. The van der Waals surface area contributed by atoms with Crippen molar-refractivity contribution in [1.29, 1.82) is 0 Å². The molecule has 51 heavy (non-hydrogen) atoms. The van der Waals surface area contributed by atoms with Crippen molar-refractivity contribution in [3.63, 3.8) is 0 Å². The third kappa shape index (κ3) is 5.15. The van der Waals surface area contributed by atoms with E-state index in [1.54, 1.807) is 5.57 Å². The smallest absolute Gasteiger partial charge is 0.164 e. The number of hydrogen-bond donors (Lipinski definition) is 0. The van der Waals surface area contributed by atoms with Crippen molar-refractivity contribution in [2.75, 3.05) is 0 Å². The van der Waals surface area contributed by atoms with Crippen LogP contribution in [-0.2, 0) is 5.41 Å². The summed E-state index contributed by atoms with van der Waals surface area (Å²) in [5, 5.41) is 0. The van der Waals surface area contributed by atoms with Crippen LogP contribution >= 0.6 is 0 Å². The third-order valence-electron chi connectivity index (χ3n) is 11.0. The number of benzene rings is 6. The number of hydrogen-bond acceptors (Lipinski definition) is 3. The fourth-order valence-electron chi connectivity index (χ4n) is 8.66. The first-order chi connectivity index (χ1) is 25.1. The van der Waals surface area contributed by atoms with Gasteiger partial charge in [-0.2, -0.15) is 0 Å². The molecule has 0 fully saturated rings. The second kappa shape index (κ2) is 12.8. The van der Waals surface area contributed by atoms with Crippen LogP contribution in [0.4, 0.5) is 0 Å². The topological polar surface area (TPSA) is 38.7 Å². The molecule has 0 bridgehead atoms. The Balaban J connectivity index is 1.33. The highest BCUT2D eigenvalue weighted by atomic mass is 15.0. The van der Waals surface area contributed by atoms with E-state index in [0.29, 0.717) is 17.5 Å².